The van der Waals surface area contributed by atoms with E-state index in [1.54, 1.807) is 22.9 Å². The SMILES string of the molecule is O=C(O)[C@@H](NI)[C@H](O)C(I)I.[H-].[Na+]. The smallest absolute Gasteiger partial charge is 1.00 e. The normalized spacial score (nSPS) is 15.1. The van der Waals surface area contributed by atoms with Crippen LogP contribution in [0.25, 0.3) is 0 Å². The van der Waals surface area contributed by atoms with E-state index in [1.165, 1.54) is 0 Å². The molecule has 0 rings (SSSR count). The van der Waals surface area contributed by atoms with Gasteiger partial charge < -0.3 is 11.6 Å². The van der Waals surface area contributed by atoms with Crippen molar-refractivity contribution in [2.24, 2.45) is 0 Å². The quantitative estimate of drug-likeness (QED) is 0.175. The summed E-state index contributed by atoms with van der Waals surface area (Å²) in [7, 11) is 0. The fourth-order valence-corrected chi connectivity index (χ4v) is 1.87. The third kappa shape index (κ3) is 6.14. The number of aliphatic hydroxyl groups excluding tert-OH is 1. The van der Waals surface area contributed by atoms with Gasteiger partial charge >= 0.3 is 35.5 Å². The van der Waals surface area contributed by atoms with Gasteiger partial charge in [-0.15, -0.1) is 0 Å². The average Bonchev–Trinajstić information content (AvgIpc) is 1.88. The van der Waals surface area contributed by atoms with Crippen LogP contribution in [0.1, 0.15) is 1.43 Å². The second kappa shape index (κ2) is 8.85. The Bertz CT molecular complexity index is 153. The maximum atomic E-state index is 10.4. The number of aliphatic hydroxyl groups is 1. The van der Waals surface area contributed by atoms with Gasteiger partial charge in [0.05, 0.1) is 1.93 Å². The summed E-state index contributed by atoms with van der Waals surface area (Å²) in [6.45, 7) is 0. The van der Waals surface area contributed by atoms with Gasteiger partial charge in [-0.3, -0.25) is 4.79 Å². The Morgan fingerprint density at radius 2 is 1.92 bits per heavy atom. The van der Waals surface area contributed by atoms with Crippen LogP contribution < -0.4 is 33.1 Å². The van der Waals surface area contributed by atoms with Crippen LogP contribution in [0.15, 0.2) is 0 Å². The third-order valence-corrected chi connectivity index (χ3v) is 3.13. The van der Waals surface area contributed by atoms with Crippen molar-refractivity contribution < 1.29 is 46.0 Å². The van der Waals surface area contributed by atoms with Crippen molar-refractivity contribution >= 4 is 74.0 Å². The number of carboxylic acid groups (broad SMARTS) is 1. The topological polar surface area (TPSA) is 69.6 Å². The maximum Gasteiger partial charge on any atom is 1.00 e. The second-order valence-corrected chi connectivity index (χ2v) is 7.44. The minimum Gasteiger partial charge on any atom is -1.00 e. The molecular formula is C4H7I3NNaO3. The minimum absolute atomic E-state index is 0. The van der Waals surface area contributed by atoms with Gasteiger partial charge in [0, 0.05) is 22.9 Å². The number of carbonyl (C=O) groups is 1. The van der Waals surface area contributed by atoms with Crippen molar-refractivity contribution in [3.8, 4) is 0 Å². The van der Waals surface area contributed by atoms with Crippen LogP contribution in [-0.2, 0) is 4.79 Å². The molecule has 0 aliphatic carbocycles. The van der Waals surface area contributed by atoms with Gasteiger partial charge in [0.25, 0.3) is 0 Å². The van der Waals surface area contributed by atoms with E-state index in [0.717, 1.165) is 0 Å². The zero-order chi connectivity index (χ0) is 9.02. The van der Waals surface area contributed by atoms with Crippen LogP contribution in [0.3, 0.4) is 0 Å². The van der Waals surface area contributed by atoms with Crippen LogP contribution in [0.4, 0.5) is 0 Å². The molecule has 0 heterocycles. The summed E-state index contributed by atoms with van der Waals surface area (Å²) in [5.41, 5.74) is 0. The number of aliphatic carboxylic acids is 1. The summed E-state index contributed by atoms with van der Waals surface area (Å²) in [5.74, 6) is -1.04. The molecule has 0 aromatic heterocycles. The fraction of sp³-hybridized carbons (Fsp3) is 0.750. The number of hydrogen-bond donors (Lipinski definition) is 3. The molecule has 0 spiro atoms. The molecule has 8 heteroatoms. The van der Waals surface area contributed by atoms with Crippen LogP contribution in [0, 0.1) is 0 Å². The van der Waals surface area contributed by atoms with Gasteiger partial charge in [-0.1, -0.05) is 45.2 Å². The summed E-state index contributed by atoms with van der Waals surface area (Å²) in [4.78, 5) is 10.4. The molecule has 3 N–H and O–H groups in total. The van der Waals surface area contributed by atoms with Crippen LogP contribution >= 0.6 is 68.0 Å². The first-order valence-electron chi connectivity index (χ1n) is 2.56. The molecule has 4 nitrogen and oxygen atoms in total. The van der Waals surface area contributed by atoms with Gasteiger partial charge in [0.15, 0.2) is 0 Å². The second-order valence-electron chi connectivity index (χ2n) is 1.75. The summed E-state index contributed by atoms with van der Waals surface area (Å²) >= 11 is 5.66. The van der Waals surface area contributed by atoms with E-state index in [-0.39, 0.29) is 32.9 Å². The molecule has 0 aliphatic rings. The molecule has 0 aromatic carbocycles. The van der Waals surface area contributed by atoms with E-state index in [2.05, 4.69) is 3.53 Å². The fourth-order valence-electron chi connectivity index (χ4n) is 0.403. The number of alkyl halides is 2. The molecule has 0 radical (unpaired) electrons. The molecule has 0 aliphatic heterocycles. The number of nitrogens with one attached hydrogen (secondary N) is 1. The van der Waals surface area contributed by atoms with Gasteiger partial charge in [-0.2, -0.15) is 0 Å². The third-order valence-electron chi connectivity index (χ3n) is 0.983. The van der Waals surface area contributed by atoms with E-state index >= 15 is 0 Å². The van der Waals surface area contributed by atoms with E-state index < -0.39 is 18.1 Å². The van der Waals surface area contributed by atoms with Crippen molar-refractivity contribution in [3.05, 3.63) is 0 Å². The van der Waals surface area contributed by atoms with Crippen LogP contribution in [0.5, 0.6) is 0 Å². The molecule has 0 amide bonds. The van der Waals surface area contributed by atoms with Gasteiger partial charge in [-0.25, -0.2) is 3.53 Å². The first-order valence-corrected chi connectivity index (χ1v) is 6.13. The van der Waals surface area contributed by atoms with Crippen molar-refractivity contribution in [1.82, 2.24) is 3.53 Å². The summed E-state index contributed by atoms with van der Waals surface area (Å²) in [6, 6.07) is -0.894. The average molecular weight is 521 g/mol. The van der Waals surface area contributed by atoms with Crippen LogP contribution in [0.2, 0.25) is 0 Å². The maximum absolute atomic E-state index is 10.4. The zero-order valence-electron chi connectivity index (χ0n) is 7.17. The van der Waals surface area contributed by atoms with E-state index in [0.29, 0.717) is 0 Å². The van der Waals surface area contributed by atoms with Gasteiger partial charge in [0.1, 0.15) is 12.1 Å². The van der Waals surface area contributed by atoms with E-state index in [4.69, 9.17) is 5.11 Å². The number of carboxylic acids is 1. The van der Waals surface area contributed by atoms with Crippen molar-refractivity contribution in [3.63, 3.8) is 0 Å². The van der Waals surface area contributed by atoms with E-state index in [9.17, 15) is 9.90 Å². The summed E-state index contributed by atoms with van der Waals surface area (Å²) in [6.07, 6.45) is -0.870. The first-order chi connectivity index (χ1) is 5.00. The Morgan fingerprint density at radius 1 is 1.50 bits per heavy atom. The molecule has 68 valence electrons. The number of rotatable bonds is 4. The van der Waals surface area contributed by atoms with Gasteiger partial charge in [0.2, 0.25) is 0 Å². The molecular weight excluding hydrogens is 514 g/mol. The largest absolute Gasteiger partial charge is 1.00 e. The van der Waals surface area contributed by atoms with E-state index in [1.807, 2.05) is 45.2 Å². The summed E-state index contributed by atoms with van der Waals surface area (Å²) in [5, 5.41) is 17.9. The molecule has 0 saturated carbocycles. The molecule has 0 unspecified atom stereocenters. The zero-order valence-corrected chi connectivity index (χ0v) is 14.6. The molecule has 0 bridgehead atoms. The minimum atomic E-state index is -1.04. The Kier molecular flexibility index (Phi) is 12.5. The van der Waals surface area contributed by atoms with Gasteiger partial charge in [-0.05, 0) is 0 Å². The predicted molar refractivity (Wildman–Crippen MR) is 67.5 cm³/mol. The Hall–Kier alpha value is 2.58. The Balaban J connectivity index is -0.000000500. The Labute approximate surface area is 135 Å². The molecule has 0 fully saturated rings. The summed E-state index contributed by atoms with van der Waals surface area (Å²) < 4.78 is 2.38. The van der Waals surface area contributed by atoms with Crippen molar-refractivity contribution in [1.29, 1.82) is 0 Å². The first kappa shape index (κ1) is 17.0. The molecule has 0 aromatic rings. The standard InChI is InChI=1S/C4H6I3NO3.Na.H/c5-3(6)2(9)1(8-7)4(10)11;;/h1-3,8-9H,(H,10,11);;/q;+1;-1/t1-,2-;;/m0../s1. The molecule has 0 saturated heterocycles. The van der Waals surface area contributed by atoms with Crippen molar-refractivity contribution in [2.75, 3.05) is 0 Å². The molecule has 12 heavy (non-hydrogen) atoms. The Morgan fingerprint density at radius 3 is 2.00 bits per heavy atom. The van der Waals surface area contributed by atoms with Crippen molar-refractivity contribution in [2.45, 2.75) is 14.1 Å². The molecule has 2 atom stereocenters. The monoisotopic (exact) mass is 521 g/mol. The van der Waals surface area contributed by atoms with Crippen LogP contribution in [-0.4, -0.2) is 30.3 Å². The predicted octanol–water partition coefficient (Wildman–Crippen LogP) is -1.95. The number of hydrogen-bond acceptors (Lipinski definition) is 3. The number of halogens is 3.